The molecule has 1 aromatic heterocycles. The molecule has 0 bridgehead atoms. The molecule has 3 nitrogen and oxygen atoms in total. The van der Waals surface area contributed by atoms with Crippen LogP contribution in [0, 0.1) is 0 Å². The second-order valence-electron chi connectivity index (χ2n) is 6.48. The van der Waals surface area contributed by atoms with Gasteiger partial charge in [0.25, 0.3) is 5.91 Å². The summed E-state index contributed by atoms with van der Waals surface area (Å²) < 4.78 is 0. The second kappa shape index (κ2) is 8.52. The minimum absolute atomic E-state index is 0.0523. The number of rotatable bonds is 5. The zero-order valence-corrected chi connectivity index (χ0v) is 17.8. The summed E-state index contributed by atoms with van der Waals surface area (Å²) in [6, 6.07) is 15.6. The van der Waals surface area contributed by atoms with Gasteiger partial charge in [0, 0.05) is 32.5 Å². The van der Waals surface area contributed by atoms with Crippen LogP contribution in [0.1, 0.15) is 40.6 Å². The number of hydrogen-bond acceptors (Lipinski definition) is 4. The molecule has 0 fully saturated rings. The Bertz CT molecular complexity index is 1040. The molecule has 6 heteroatoms. The molecule has 0 radical (unpaired) electrons. The van der Waals surface area contributed by atoms with Gasteiger partial charge >= 0.3 is 0 Å². The van der Waals surface area contributed by atoms with Gasteiger partial charge in [0.15, 0.2) is 0 Å². The van der Waals surface area contributed by atoms with Crippen LogP contribution in [0.4, 0.5) is 5.69 Å². The predicted molar refractivity (Wildman–Crippen MR) is 119 cm³/mol. The van der Waals surface area contributed by atoms with Gasteiger partial charge in [0.05, 0.1) is 16.3 Å². The van der Waals surface area contributed by atoms with Crippen molar-refractivity contribution in [2.75, 3.05) is 6.54 Å². The van der Waals surface area contributed by atoms with E-state index in [0.29, 0.717) is 17.1 Å². The molecular weight excluding hydrogens is 408 g/mol. The molecule has 2 heterocycles. The van der Waals surface area contributed by atoms with Crippen LogP contribution >= 0.6 is 34.7 Å². The van der Waals surface area contributed by atoms with Gasteiger partial charge in [-0.1, -0.05) is 48.8 Å². The highest BCUT2D eigenvalue weighted by atomic mass is 35.5. The third kappa shape index (κ3) is 4.02. The highest BCUT2D eigenvalue weighted by Gasteiger charge is 2.21. The molecule has 0 unspecified atom stereocenters. The van der Waals surface area contributed by atoms with Crippen molar-refractivity contribution >= 4 is 52.0 Å². The number of benzene rings is 2. The Morgan fingerprint density at radius 2 is 1.93 bits per heavy atom. The van der Waals surface area contributed by atoms with Gasteiger partial charge in [0.1, 0.15) is 0 Å². The number of amides is 1. The van der Waals surface area contributed by atoms with Crippen LogP contribution < -0.4 is 5.32 Å². The van der Waals surface area contributed by atoms with E-state index >= 15 is 0 Å². The van der Waals surface area contributed by atoms with Crippen LogP contribution in [0.25, 0.3) is 0 Å². The number of carbonyl (C=O) groups excluding carboxylic acids is 1. The van der Waals surface area contributed by atoms with Crippen molar-refractivity contribution in [1.82, 2.24) is 5.32 Å². The van der Waals surface area contributed by atoms with E-state index in [0.717, 1.165) is 39.6 Å². The molecule has 28 heavy (non-hydrogen) atoms. The largest absolute Gasteiger partial charge is 0.352 e. The standard InChI is InChI=1S/C22H19ClN2OS2/c1-2-3-11-24-22(26)15-6-9-18-17(13-15)25-20(14-4-7-16(23)8-5-14)21-19(28-18)10-12-27-21/h4-10,12-13H,2-3,11H2,1H3,(H,24,26). The summed E-state index contributed by atoms with van der Waals surface area (Å²) in [4.78, 5) is 20.8. The van der Waals surface area contributed by atoms with E-state index in [4.69, 9.17) is 16.6 Å². The maximum atomic E-state index is 12.5. The fourth-order valence-electron chi connectivity index (χ4n) is 2.96. The van der Waals surface area contributed by atoms with Gasteiger partial charge in [0.2, 0.25) is 0 Å². The van der Waals surface area contributed by atoms with Crippen molar-refractivity contribution in [3.63, 3.8) is 0 Å². The minimum Gasteiger partial charge on any atom is -0.352 e. The molecule has 2 aromatic carbocycles. The molecule has 1 amide bonds. The lowest BCUT2D eigenvalue weighted by molar-refractivity contribution is 0.0953. The fourth-order valence-corrected chi connectivity index (χ4v) is 5.15. The molecule has 0 saturated carbocycles. The van der Waals surface area contributed by atoms with Crippen molar-refractivity contribution in [3.8, 4) is 0 Å². The zero-order chi connectivity index (χ0) is 19.5. The molecular formula is C22H19ClN2OS2. The maximum absolute atomic E-state index is 12.5. The predicted octanol–water partition coefficient (Wildman–Crippen LogP) is 6.57. The lowest BCUT2D eigenvalue weighted by atomic mass is 10.1. The van der Waals surface area contributed by atoms with Crippen LogP contribution in [-0.2, 0) is 0 Å². The van der Waals surface area contributed by atoms with Crippen LogP contribution in [0.15, 0.2) is 68.7 Å². The first-order valence-electron chi connectivity index (χ1n) is 9.18. The van der Waals surface area contributed by atoms with E-state index in [1.807, 2.05) is 42.5 Å². The molecule has 0 atom stereocenters. The molecule has 1 aliphatic rings. The monoisotopic (exact) mass is 426 g/mol. The summed E-state index contributed by atoms with van der Waals surface area (Å²) in [5, 5.41) is 5.76. The highest BCUT2D eigenvalue weighted by molar-refractivity contribution is 7.99. The van der Waals surface area contributed by atoms with Gasteiger partial charge in [-0.2, -0.15) is 0 Å². The Labute approximate surface area is 177 Å². The van der Waals surface area contributed by atoms with E-state index in [1.165, 1.54) is 4.90 Å². The lowest BCUT2D eigenvalue weighted by Gasteiger charge is -2.08. The normalized spacial score (nSPS) is 12.6. The Morgan fingerprint density at radius 1 is 1.11 bits per heavy atom. The highest BCUT2D eigenvalue weighted by Crippen LogP contribution is 2.43. The van der Waals surface area contributed by atoms with Gasteiger partial charge < -0.3 is 5.32 Å². The van der Waals surface area contributed by atoms with E-state index in [9.17, 15) is 4.79 Å². The van der Waals surface area contributed by atoms with E-state index in [1.54, 1.807) is 23.1 Å². The quantitative estimate of drug-likeness (QED) is 0.367. The first kappa shape index (κ1) is 19.2. The number of nitrogens with zero attached hydrogens (tertiary/aromatic N) is 1. The number of halogens is 1. The third-order valence-electron chi connectivity index (χ3n) is 4.45. The molecule has 0 aliphatic carbocycles. The minimum atomic E-state index is -0.0523. The smallest absolute Gasteiger partial charge is 0.251 e. The number of unbranched alkanes of at least 4 members (excludes halogenated alkanes) is 1. The fraction of sp³-hybridized carbons (Fsp3) is 0.182. The summed E-state index contributed by atoms with van der Waals surface area (Å²) in [7, 11) is 0. The second-order valence-corrected chi connectivity index (χ2v) is 8.91. The lowest BCUT2D eigenvalue weighted by Crippen LogP contribution is -2.24. The Hall–Kier alpha value is -2.08. The first-order chi connectivity index (χ1) is 13.7. The SMILES string of the molecule is CCCCNC(=O)c1ccc2c(c1)N=C(c1ccc(Cl)cc1)c1sccc1S2. The van der Waals surface area contributed by atoms with Crippen LogP contribution in [-0.4, -0.2) is 18.2 Å². The number of hydrogen-bond donors (Lipinski definition) is 1. The maximum Gasteiger partial charge on any atom is 0.251 e. The average molecular weight is 427 g/mol. The van der Waals surface area contributed by atoms with E-state index in [-0.39, 0.29) is 5.91 Å². The summed E-state index contributed by atoms with van der Waals surface area (Å²) in [6.45, 7) is 2.80. The van der Waals surface area contributed by atoms with Gasteiger partial charge in [-0.25, -0.2) is 4.99 Å². The molecule has 0 saturated heterocycles. The number of nitrogens with one attached hydrogen (secondary N) is 1. The van der Waals surface area contributed by atoms with Crippen molar-refractivity contribution < 1.29 is 4.79 Å². The summed E-state index contributed by atoms with van der Waals surface area (Å²) in [6.07, 6.45) is 2.03. The van der Waals surface area contributed by atoms with Gasteiger partial charge in [-0.3, -0.25) is 4.79 Å². The Balaban J connectivity index is 1.75. The van der Waals surface area contributed by atoms with Crippen molar-refractivity contribution in [3.05, 3.63) is 74.9 Å². The van der Waals surface area contributed by atoms with Gasteiger partial charge in [-0.05, 0) is 48.2 Å². The molecule has 0 spiro atoms. The van der Waals surface area contributed by atoms with Crippen LogP contribution in [0.2, 0.25) is 5.02 Å². The van der Waals surface area contributed by atoms with Gasteiger partial charge in [-0.15, -0.1) is 11.3 Å². The van der Waals surface area contributed by atoms with Crippen molar-refractivity contribution in [2.24, 2.45) is 4.99 Å². The molecule has 1 N–H and O–H groups in total. The molecule has 142 valence electrons. The molecule has 4 rings (SSSR count). The summed E-state index contributed by atoms with van der Waals surface area (Å²) >= 11 is 9.43. The number of carbonyl (C=O) groups is 1. The van der Waals surface area contributed by atoms with Crippen LogP contribution in [0.3, 0.4) is 0 Å². The summed E-state index contributed by atoms with van der Waals surface area (Å²) in [5.41, 5.74) is 3.39. The van der Waals surface area contributed by atoms with Crippen LogP contribution in [0.5, 0.6) is 0 Å². The summed E-state index contributed by atoms with van der Waals surface area (Å²) in [5.74, 6) is -0.0523. The van der Waals surface area contributed by atoms with Crippen molar-refractivity contribution in [2.45, 2.75) is 29.6 Å². The number of fused-ring (bicyclic) bond motifs is 2. The Kier molecular flexibility index (Phi) is 5.85. The molecule has 1 aliphatic heterocycles. The van der Waals surface area contributed by atoms with Crippen molar-refractivity contribution in [1.29, 1.82) is 0 Å². The number of aliphatic imine (C=N–C) groups is 1. The van der Waals surface area contributed by atoms with E-state index in [2.05, 4.69) is 23.7 Å². The zero-order valence-electron chi connectivity index (χ0n) is 15.4. The van der Waals surface area contributed by atoms with E-state index < -0.39 is 0 Å². The average Bonchev–Trinajstić information content (AvgIpc) is 3.10. The number of thiophene rings is 1. The molecule has 3 aromatic rings. The third-order valence-corrected chi connectivity index (χ3v) is 6.88. The first-order valence-corrected chi connectivity index (χ1v) is 11.3. The Morgan fingerprint density at radius 3 is 2.71 bits per heavy atom. The topological polar surface area (TPSA) is 41.5 Å².